The highest BCUT2D eigenvalue weighted by atomic mass is 79.9. The average molecular weight is 359 g/mol. The average Bonchev–Trinajstić information content (AvgIpc) is 2.48. The zero-order valence-corrected chi connectivity index (χ0v) is 14.2. The van der Waals surface area contributed by atoms with Crippen LogP contribution in [0.5, 0.6) is 0 Å². The molecule has 0 spiro atoms. The smallest absolute Gasteiger partial charge is 0.137 e. The molecule has 3 nitrogen and oxygen atoms in total. The second kappa shape index (κ2) is 7.18. The van der Waals surface area contributed by atoms with Gasteiger partial charge in [0.15, 0.2) is 0 Å². The van der Waals surface area contributed by atoms with Gasteiger partial charge in [0.05, 0.1) is 16.1 Å². The summed E-state index contributed by atoms with van der Waals surface area (Å²) in [5.41, 5.74) is 3.54. The normalized spacial score (nSPS) is 27.6. The quantitative estimate of drug-likeness (QED) is 0.624. The molecule has 5 heteroatoms. The lowest BCUT2D eigenvalue weighted by atomic mass is 9.73. The molecule has 1 aromatic rings. The topological polar surface area (TPSA) is 47.3 Å². The number of hydrazine groups is 1. The Hall–Kier alpha value is -0.490. The minimum atomic E-state index is -0.280. The molecule has 3 N–H and O–H groups in total. The fraction of sp³-hybridized carbons (Fsp3) is 0.625. The van der Waals surface area contributed by atoms with Gasteiger partial charge in [0.25, 0.3) is 0 Å². The van der Waals surface area contributed by atoms with Crippen LogP contribution in [0.15, 0.2) is 22.7 Å². The number of nitrogens with two attached hydrogens (primary N) is 1. The van der Waals surface area contributed by atoms with Crippen molar-refractivity contribution >= 4 is 15.9 Å². The molecule has 1 aliphatic rings. The van der Waals surface area contributed by atoms with E-state index in [4.69, 9.17) is 10.6 Å². The molecule has 21 heavy (non-hydrogen) atoms. The number of halogens is 2. The third-order valence-corrected chi connectivity index (χ3v) is 5.58. The summed E-state index contributed by atoms with van der Waals surface area (Å²) in [6, 6.07) is 5.06. The third kappa shape index (κ3) is 3.65. The molecule has 0 bridgehead atoms. The summed E-state index contributed by atoms with van der Waals surface area (Å²) in [5, 5.41) is 0. The highest BCUT2D eigenvalue weighted by molar-refractivity contribution is 9.10. The van der Waals surface area contributed by atoms with E-state index in [1.165, 1.54) is 12.5 Å². The van der Waals surface area contributed by atoms with Crippen LogP contribution < -0.4 is 11.3 Å². The number of ether oxygens (including phenoxy) is 1. The van der Waals surface area contributed by atoms with E-state index in [9.17, 15) is 4.39 Å². The summed E-state index contributed by atoms with van der Waals surface area (Å²) in [6.07, 6.45) is 4.96. The lowest BCUT2D eigenvalue weighted by Gasteiger charge is -2.44. The fourth-order valence-corrected chi connectivity index (χ4v) is 3.94. The maximum atomic E-state index is 13.7. The standard InChI is InChI=1S/C16H24BrFN2O/c1-11-5-4-8-16(10-11,21-2)14(20-19)9-12-6-3-7-13(18)15(12)17/h3,6-7,11,14,20H,4-5,8-10,19H2,1-2H3. The molecule has 1 aliphatic carbocycles. The number of hydrogen-bond acceptors (Lipinski definition) is 3. The van der Waals surface area contributed by atoms with E-state index in [1.54, 1.807) is 13.2 Å². The number of nitrogens with one attached hydrogen (secondary N) is 1. The molecule has 0 radical (unpaired) electrons. The molecular formula is C16H24BrFN2O. The van der Waals surface area contributed by atoms with Gasteiger partial charge < -0.3 is 4.74 Å². The zero-order valence-electron chi connectivity index (χ0n) is 12.7. The minimum Gasteiger partial charge on any atom is -0.377 e. The van der Waals surface area contributed by atoms with Crippen LogP contribution in [0.4, 0.5) is 4.39 Å². The highest BCUT2D eigenvalue weighted by Gasteiger charge is 2.42. The summed E-state index contributed by atoms with van der Waals surface area (Å²) < 4.78 is 20.1. The van der Waals surface area contributed by atoms with Gasteiger partial charge in [-0.15, -0.1) is 0 Å². The Bertz CT molecular complexity index is 485. The fourth-order valence-electron chi connectivity index (χ4n) is 3.51. The monoisotopic (exact) mass is 358 g/mol. The van der Waals surface area contributed by atoms with Crippen LogP contribution in [0.25, 0.3) is 0 Å². The van der Waals surface area contributed by atoms with Gasteiger partial charge in [0.1, 0.15) is 5.82 Å². The van der Waals surface area contributed by atoms with E-state index >= 15 is 0 Å². The van der Waals surface area contributed by atoms with E-state index in [1.807, 2.05) is 6.07 Å². The van der Waals surface area contributed by atoms with Crippen LogP contribution in [-0.2, 0) is 11.2 Å². The Labute approximate surface area is 134 Å². The molecule has 118 valence electrons. The van der Waals surface area contributed by atoms with Gasteiger partial charge in [0, 0.05) is 7.11 Å². The molecule has 2 rings (SSSR count). The van der Waals surface area contributed by atoms with E-state index in [-0.39, 0.29) is 17.5 Å². The van der Waals surface area contributed by atoms with Crippen molar-refractivity contribution < 1.29 is 9.13 Å². The minimum absolute atomic E-state index is 0.0386. The lowest BCUT2D eigenvalue weighted by molar-refractivity contribution is -0.0791. The highest BCUT2D eigenvalue weighted by Crippen LogP contribution is 2.38. The summed E-state index contributed by atoms with van der Waals surface area (Å²) in [4.78, 5) is 0. The zero-order chi connectivity index (χ0) is 15.5. The van der Waals surface area contributed by atoms with Gasteiger partial charge in [-0.05, 0) is 52.7 Å². The molecule has 0 saturated heterocycles. The molecule has 0 heterocycles. The number of rotatable bonds is 5. The van der Waals surface area contributed by atoms with Crippen LogP contribution in [-0.4, -0.2) is 18.8 Å². The molecule has 0 amide bonds. The Kier molecular flexibility index (Phi) is 5.77. The van der Waals surface area contributed by atoms with Crippen molar-refractivity contribution in [3.8, 4) is 0 Å². The molecule has 1 aromatic carbocycles. The van der Waals surface area contributed by atoms with Crippen molar-refractivity contribution in [2.24, 2.45) is 11.8 Å². The van der Waals surface area contributed by atoms with Crippen LogP contribution in [0.2, 0.25) is 0 Å². The third-order valence-electron chi connectivity index (χ3n) is 4.69. The van der Waals surface area contributed by atoms with Gasteiger partial charge in [-0.1, -0.05) is 31.9 Å². The molecular weight excluding hydrogens is 335 g/mol. The Morgan fingerprint density at radius 3 is 2.95 bits per heavy atom. The largest absolute Gasteiger partial charge is 0.377 e. The Morgan fingerprint density at radius 2 is 2.33 bits per heavy atom. The van der Waals surface area contributed by atoms with E-state index in [2.05, 4.69) is 28.3 Å². The molecule has 1 saturated carbocycles. The lowest BCUT2D eigenvalue weighted by Crippen LogP contribution is -2.57. The molecule has 0 aromatic heterocycles. The van der Waals surface area contributed by atoms with Crippen LogP contribution in [0.3, 0.4) is 0 Å². The van der Waals surface area contributed by atoms with Crippen molar-refractivity contribution in [2.45, 2.75) is 50.7 Å². The SMILES string of the molecule is COC1(C(Cc2cccc(F)c2Br)NN)CCCC(C)C1. The number of methoxy groups -OCH3 is 1. The second-order valence-corrected chi connectivity index (χ2v) is 6.90. The summed E-state index contributed by atoms with van der Waals surface area (Å²) in [5.74, 6) is 6.18. The van der Waals surface area contributed by atoms with Crippen molar-refractivity contribution in [3.05, 3.63) is 34.1 Å². The van der Waals surface area contributed by atoms with Gasteiger partial charge in [-0.2, -0.15) is 0 Å². The Balaban J connectivity index is 2.23. The van der Waals surface area contributed by atoms with Crippen molar-refractivity contribution in [3.63, 3.8) is 0 Å². The van der Waals surface area contributed by atoms with E-state index < -0.39 is 0 Å². The molecule has 3 atom stereocenters. The molecule has 3 unspecified atom stereocenters. The number of hydrogen-bond donors (Lipinski definition) is 2. The van der Waals surface area contributed by atoms with Crippen molar-refractivity contribution in [2.75, 3.05) is 7.11 Å². The van der Waals surface area contributed by atoms with Crippen LogP contribution >= 0.6 is 15.9 Å². The Morgan fingerprint density at radius 1 is 1.57 bits per heavy atom. The maximum Gasteiger partial charge on any atom is 0.137 e. The summed E-state index contributed by atoms with van der Waals surface area (Å²) >= 11 is 3.33. The van der Waals surface area contributed by atoms with Gasteiger partial charge in [0.2, 0.25) is 0 Å². The maximum absolute atomic E-state index is 13.7. The molecule has 0 aliphatic heterocycles. The predicted octanol–water partition coefficient (Wildman–Crippen LogP) is 3.56. The van der Waals surface area contributed by atoms with E-state index in [0.717, 1.165) is 24.8 Å². The van der Waals surface area contributed by atoms with Gasteiger partial charge in [-0.3, -0.25) is 11.3 Å². The van der Waals surface area contributed by atoms with Crippen LogP contribution in [0.1, 0.15) is 38.2 Å². The summed E-state index contributed by atoms with van der Waals surface area (Å²) in [6.45, 7) is 2.25. The number of benzene rings is 1. The predicted molar refractivity (Wildman–Crippen MR) is 86.3 cm³/mol. The van der Waals surface area contributed by atoms with Gasteiger partial charge >= 0.3 is 0 Å². The summed E-state index contributed by atoms with van der Waals surface area (Å²) in [7, 11) is 1.75. The van der Waals surface area contributed by atoms with Crippen molar-refractivity contribution in [1.29, 1.82) is 0 Å². The van der Waals surface area contributed by atoms with Gasteiger partial charge in [-0.25, -0.2) is 4.39 Å². The second-order valence-electron chi connectivity index (χ2n) is 6.11. The first-order valence-corrected chi connectivity index (χ1v) is 8.26. The molecule has 1 fully saturated rings. The first-order chi connectivity index (χ1) is 10.0. The van der Waals surface area contributed by atoms with E-state index in [0.29, 0.717) is 16.8 Å². The van der Waals surface area contributed by atoms with Crippen LogP contribution in [0, 0.1) is 11.7 Å². The first-order valence-electron chi connectivity index (χ1n) is 7.46. The first kappa shape index (κ1) is 16.9. The van der Waals surface area contributed by atoms with Crippen molar-refractivity contribution in [1.82, 2.24) is 5.43 Å².